The normalized spacial score (nSPS) is 19.8. The number of halogens is 4. The van der Waals surface area contributed by atoms with Crippen molar-refractivity contribution in [2.75, 3.05) is 7.11 Å². The van der Waals surface area contributed by atoms with E-state index in [2.05, 4.69) is 11.7 Å². The number of alkyl halides is 2. The summed E-state index contributed by atoms with van der Waals surface area (Å²) in [5.74, 6) is -2.49. The third-order valence-electron chi connectivity index (χ3n) is 5.72. The zero-order valence-corrected chi connectivity index (χ0v) is 16.7. The second kappa shape index (κ2) is 9.06. The summed E-state index contributed by atoms with van der Waals surface area (Å²) in [6.45, 7) is 2.20. The molecule has 0 unspecified atom stereocenters. The number of hydrogen-bond donors (Lipinski definition) is 0. The average molecular weight is 410 g/mol. The maximum absolute atomic E-state index is 14.4. The third-order valence-corrected chi connectivity index (χ3v) is 5.72. The summed E-state index contributed by atoms with van der Waals surface area (Å²) in [5, 5.41) is 0. The molecule has 0 atom stereocenters. The highest BCUT2D eigenvalue weighted by atomic mass is 19.3. The summed E-state index contributed by atoms with van der Waals surface area (Å²) in [6, 6.07) is 8.18. The van der Waals surface area contributed by atoms with Crippen molar-refractivity contribution in [3.05, 3.63) is 59.2 Å². The molecule has 2 nitrogen and oxygen atoms in total. The predicted octanol–water partition coefficient (Wildman–Crippen LogP) is 7.18. The van der Waals surface area contributed by atoms with Crippen molar-refractivity contribution in [1.82, 2.24) is 0 Å². The number of benzene rings is 2. The van der Waals surface area contributed by atoms with Crippen LogP contribution in [0.25, 0.3) is 0 Å². The fraction of sp³-hybridized carbons (Fsp3) is 0.478. The Morgan fingerprint density at radius 2 is 1.59 bits per heavy atom. The second-order valence-corrected chi connectivity index (χ2v) is 7.64. The molecule has 1 aliphatic rings. The van der Waals surface area contributed by atoms with Crippen LogP contribution in [0.3, 0.4) is 0 Å². The molecule has 1 saturated carbocycles. The Morgan fingerprint density at radius 1 is 0.931 bits per heavy atom. The van der Waals surface area contributed by atoms with Crippen LogP contribution in [0.2, 0.25) is 0 Å². The third kappa shape index (κ3) is 4.85. The molecule has 0 aromatic heterocycles. The molecule has 0 amide bonds. The van der Waals surface area contributed by atoms with Crippen LogP contribution in [0.5, 0.6) is 11.5 Å². The first-order chi connectivity index (χ1) is 13.9. The second-order valence-electron chi connectivity index (χ2n) is 7.64. The van der Waals surface area contributed by atoms with E-state index in [9.17, 15) is 17.6 Å². The molecule has 0 N–H and O–H groups in total. The molecule has 3 rings (SSSR count). The maximum Gasteiger partial charge on any atom is 0.429 e. The van der Waals surface area contributed by atoms with Gasteiger partial charge in [0.05, 0.1) is 7.11 Å². The maximum atomic E-state index is 14.4. The summed E-state index contributed by atoms with van der Waals surface area (Å²) in [7, 11) is 1.13. The monoisotopic (exact) mass is 410 g/mol. The Labute approximate surface area is 168 Å². The lowest BCUT2D eigenvalue weighted by atomic mass is 9.77. The largest absolute Gasteiger partial charge is 0.494 e. The van der Waals surface area contributed by atoms with Crippen LogP contribution in [-0.4, -0.2) is 7.11 Å². The molecule has 29 heavy (non-hydrogen) atoms. The molecule has 0 spiro atoms. The van der Waals surface area contributed by atoms with Crippen molar-refractivity contribution in [2.24, 2.45) is 5.92 Å². The fourth-order valence-corrected chi connectivity index (χ4v) is 4.12. The predicted molar refractivity (Wildman–Crippen MR) is 103 cm³/mol. The minimum absolute atomic E-state index is 0.103. The highest BCUT2D eigenvalue weighted by Gasteiger charge is 2.39. The highest BCUT2D eigenvalue weighted by Crippen LogP contribution is 2.39. The summed E-state index contributed by atoms with van der Waals surface area (Å²) in [4.78, 5) is 0. The number of hydrogen-bond acceptors (Lipinski definition) is 2. The van der Waals surface area contributed by atoms with Crippen LogP contribution < -0.4 is 9.47 Å². The summed E-state index contributed by atoms with van der Waals surface area (Å²) < 4.78 is 66.0. The first kappa shape index (κ1) is 21.5. The van der Waals surface area contributed by atoms with Gasteiger partial charge < -0.3 is 9.47 Å². The molecular formula is C23H26F4O2. The summed E-state index contributed by atoms with van der Waals surface area (Å²) in [6.07, 6.45) is 3.02. The Balaban J connectivity index is 1.69. The van der Waals surface area contributed by atoms with Crippen molar-refractivity contribution in [2.45, 2.75) is 57.5 Å². The van der Waals surface area contributed by atoms with Gasteiger partial charge >= 0.3 is 6.11 Å². The van der Waals surface area contributed by atoms with Crippen molar-refractivity contribution in [3.8, 4) is 11.5 Å². The van der Waals surface area contributed by atoms with E-state index < -0.39 is 29.1 Å². The van der Waals surface area contributed by atoms with Crippen LogP contribution in [0, 0.1) is 17.6 Å². The smallest absolute Gasteiger partial charge is 0.429 e. The summed E-state index contributed by atoms with van der Waals surface area (Å²) in [5.41, 5.74) is -0.0774. The van der Waals surface area contributed by atoms with Crippen LogP contribution in [0.15, 0.2) is 36.4 Å². The quantitative estimate of drug-likeness (QED) is 0.450. The average Bonchev–Trinajstić information content (AvgIpc) is 2.71. The van der Waals surface area contributed by atoms with E-state index in [-0.39, 0.29) is 5.75 Å². The van der Waals surface area contributed by atoms with Gasteiger partial charge in [0.2, 0.25) is 5.82 Å². The Hall–Kier alpha value is -2.24. The molecule has 2 aromatic carbocycles. The SMILES string of the molecule is CCCC1CCC(c2ccc(OC(F)(F)c3ccc(OC)c(F)c3F)cc2)CC1. The molecular weight excluding hydrogens is 384 g/mol. The van der Waals surface area contributed by atoms with Crippen LogP contribution in [-0.2, 0) is 6.11 Å². The zero-order valence-electron chi connectivity index (χ0n) is 16.7. The lowest BCUT2D eigenvalue weighted by Gasteiger charge is -2.28. The van der Waals surface area contributed by atoms with Crippen molar-refractivity contribution >= 4 is 0 Å². The molecule has 1 fully saturated rings. The van der Waals surface area contributed by atoms with Gasteiger partial charge in [0.25, 0.3) is 0 Å². The molecule has 0 aliphatic heterocycles. The van der Waals surface area contributed by atoms with Gasteiger partial charge in [-0.15, -0.1) is 0 Å². The molecule has 6 heteroatoms. The minimum Gasteiger partial charge on any atom is -0.494 e. The standard InChI is InChI=1S/C23H26F4O2/c1-3-4-15-5-7-16(8-6-15)17-9-11-18(12-10-17)29-23(26,27)19-13-14-20(28-2)22(25)21(19)24/h9-16H,3-8H2,1-2H3. The minimum atomic E-state index is -4.02. The molecule has 2 aromatic rings. The van der Waals surface area contributed by atoms with E-state index in [4.69, 9.17) is 4.74 Å². The molecule has 158 valence electrons. The number of ether oxygens (including phenoxy) is 2. The van der Waals surface area contributed by atoms with E-state index in [1.807, 2.05) is 0 Å². The van der Waals surface area contributed by atoms with Crippen molar-refractivity contribution < 1.29 is 27.0 Å². The molecule has 0 radical (unpaired) electrons. The fourth-order valence-electron chi connectivity index (χ4n) is 4.12. The van der Waals surface area contributed by atoms with Crippen LogP contribution >= 0.6 is 0 Å². The van der Waals surface area contributed by atoms with Gasteiger partial charge in [0.15, 0.2) is 11.6 Å². The first-order valence-electron chi connectivity index (χ1n) is 10.0. The lowest BCUT2D eigenvalue weighted by Crippen LogP contribution is -2.24. The Morgan fingerprint density at radius 3 is 2.17 bits per heavy atom. The van der Waals surface area contributed by atoms with Gasteiger partial charge in [0.1, 0.15) is 11.3 Å². The lowest BCUT2D eigenvalue weighted by molar-refractivity contribution is -0.187. The van der Waals surface area contributed by atoms with Gasteiger partial charge in [-0.25, -0.2) is 4.39 Å². The van der Waals surface area contributed by atoms with Gasteiger partial charge in [-0.05, 0) is 67.3 Å². The van der Waals surface area contributed by atoms with Gasteiger partial charge in [-0.1, -0.05) is 31.9 Å². The van der Waals surface area contributed by atoms with Gasteiger partial charge in [-0.2, -0.15) is 13.2 Å². The first-order valence-corrected chi connectivity index (χ1v) is 10.0. The van der Waals surface area contributed by atoms with Gasteiger partial charge in [-0.3, -0.25) is 0 Å². The topological polar surface area (TPSA) is 18.5 Å². The van der Waals surface area contributed by atoms with Crippen LogP contribution in [0.4, 0.5) is 17.6 Å². The summed E-state index contributed by atoms with van der Waals surface area (Å²) >= 11 is 0. The molecule has 0 saturated heterocycles. The molecule has 0 heterocycles. The van der Waals surface area contributed by atoms with E-state index in [0.717, 1.165) is 43.6 Å². The van der Waals surface area contributed by atoms with E-state index >= 15 is 0 Å². The van der Waals surface area contributed by atoms with Crippen molar-refractivity contribution in [3.63, 3.8) is 0 Å². The number of rotatable bonds is 7. The van der Waals surface area contributed by atoms with E-state index in [0.29, 0.717) is 5.92 Å². The van der Waals surface area contributed by atoms with E-state index in [1.54, 1.807) is 12.1 Å². The van der Waals surface area contributed by atoms with Gasteiger partial charge in [0, 0.05) is 0 Å². The Kier molecular flexibility index (Phi) is 6.70. The van der Waals surface area contributed by atoms with Crippen molar-refractivity contribution in [1.29, 1.82) is 0 Å². The molecule has 0 bridgehead atoms. The van der Waals surface area contributed by atoms with E-state index in [1.165, 1.54) is 37.8 Å². The highest BCUT2D eigenvalue weighted by molar-refractivity contribution is 5.34. The van der Waals surface area contributed by atoms with Crippen LogP contribution in [0.1, 0.15) is 62.5 Å². The zero-order chi connectivity index (χ0) is 21.0. The number of methoxy groups -OCH3 is 1. The Bertz CT molecular complexity index is 812. The molecule has 1 aliphatic carbocycles.